The van der Waals surface area contributed by atoms with Gasteiger partial charge in [-0.2, -0.15) is 0 Å². The molecule has 2 N–H and O–H groups in total. The Morgan fingerprint density at radius 2 is 2.32 bits per heavy atom. The molecular formula is C11H9BrN2O4S. The molecule has 0 fully saturated rings. The van der Waals surface area contributed by atoms with Crippen molar-refractivity contribution in [2.75, 3.05) is 0 Å². The molecule has 0 aromatic carbocycles. The first-order valence-corrected chi connectivity index (χ1v) is 6.89. The fourth-order valence-electron chi connectivity index (χ4n) is 1.38. The van der Waals surface area contributed by atoms with Crippen LogP contribution in [-0.4, -0.2) is 22.0 Å². The highest BCUT2D eigenvalue weighted by atomic mass is 79.9. The lowest BCUT2D eigenvalue weighted by Crippen LogP contribution is -2.26. The number of carboxylic acid groups (broad SMARTS) is 1. The number of nitrogens with one attached hydrogen (secondary N) is 1. The first kappa shape index (κ1) is 13.8. The number of hydrogen-bond donors (Lipinski definition) is 2. The van der Waals surface area contributed by atoms with Gasteiger partial charge in [-0.1, -0.05) is 0 Å². The van der Waals surface area contributed by atoms with E-state index in [0.717, 1.165) is 0 Å². The van der Waals surface area contributed by atoms with Crippen molar-refractivity contribution in [2.24, 2.45) is 0 Å². The van der Waals surface area contributed by atoms with Crippen molar-refractivity contribution in [1.82, 2.24) is 10.3 Å². The fourth-order valence-corrected chi connectivity index (χ4v) is 2.60. The largest absolute Gasteiger partial charge is 0.476 e. The lowest BCUT2D eigenvalue weighted by molar-refractivity contribution is 0.0691. The van der Waals surface area contributed by atoms with Gasteiger partial charge in [-0.25, -0.2) is 9.78 Å². The molecule has 1 unspecified atom stereocenters. The molecule has 0 aliphatic carbocycles. The van der Waals surface area contributed by atoms with Crippen LogP contribution in [0.25, 0.3) is 0 Å². The molecule has 100 valence electrons. The molecule has 0 aliphatic rings. The van der Waals surface area contributed by atoms with E-state index in [0.29, 0.717) is 15.2 Å². The molecule has 1 amide bonds. The first-order chi connectivity index (χ1) is 8.99. The predicted molar refractivity (Wildman–Crippen MR) is 71.4 cm³/mol. The molecule has 2 heterocycles. The number of aromatic carboxylic acids is 1. The quantitative estimate of drug-likeness (QED) is 0.889. The summed E-state index contributed by atoms with van der Waals surface area (Å²) < 4.78 is 5.32. The van der Waals surface area contributed by atoms with Crippen LogP contribution in [0.2, 0.25) is 0 Å². The molecule has 8 heteroatoms. The van der Waals surface area contributed by atoms with E-state index in [-0.39, 0.29) is 17.6 Å². The van der Waals surface area contributed by atoms with E-state index in [1.807, 2.05) is 0 Å². The van der Waals surface area contributed by atoms with Crippen LogP contribution < -0.4 is 5.32 Å². The number of nitrogens with zero attached hydrogens (tertiary/aromatic N) is 1. The lowest BCUT2D eigenvalue weighted by atomic mass is 10.3. The zero-order valence-corrected chi connectivity index (χ0v) is 12.1. The molecule has 6 nitrogen and oxygen atoms in total. The van der Waals surface area contributed by atoms with Gasteiger partial charge >= 0.3 is 5.97 Å². The maximum Gasteiger partial charge on any atom is 0.355 e. The minimum atomic E-state index is -1.08. The van der Waals surface area contributed by atoms with Crippen molar-refractivity contribution in [1.29, 1.82) is 0 Å². The normalized spacial score (nSPS) is 12.1. The maximum absolute atomic E-state index is 11.9. The monoisotopic (exact) mass is 344 g/mol. The number of rotatable bonds is 4. The van der Waals surface area contributed by atoms with Crippen LogP contribution in [0, 0.1) is 0 Å². The van der Waals surface area contributed by atoms with E-state index in [9.17, 15) is 9.59 Å². The van der Waals surface area contributed by atoms with Gasteiger partial charge in [0.05, 0.1) is 17.9 Å². The van der Waals surface area contributed by atoms with Gasteiger partial charge in [0.2, 0.25) is 0 Å². The van der Waals surface area contributed by atoms with E-state index < -0.39 is 5.97 Å². The molecule has 2 aromatic rings. The van der Waals surface area contributed by atoms with Crippen LogP contribution in [-0.2, 0) is 0 Å². The van der Waals surface area contributed by atoms with Crippen LogP contribution in [0.5, 0.6) is 0 Å². The van der Waals surface area contributed by atoms with Crippen LogP contribution >= 0.6 is 27.3 Å². The van der Waals surface area contributed by atoms with E-state index in [2.05, 4.69) is 26.2 Å². The Balaban J connectivity index is 2.08. The third kappa shape index (κ3) is 3.02. The number of carboxylic acids is 1. The molecule has 1 atom stereocenters. The summed E-state index contributed by atoms with van der Waals surface area (Å²) in [5.41, 5.74) is 0.354. The Morgan fingerprint density at radius 3 is 2.84 bits per heavy atom. The number of thiazole rings is 1. The molecule has 19 heavy (non-hydrogen) atoms. The maximum atomic E-state index is 11.9. The summed E-state index contributed by atoms with van der Waals surface area (Å²) in [4.78, 5) is 26.6. The SMILES string of the molecule is CC(NC(=O)c1ccoc1Br)c1nc(C(=O)O)cs1. The molecule has 0 spiro atoms. The smallest absolute Gasteiger partial charge is 0.355 e. The summed E-state index contributed by atoms with van der Waals surface area (Å²) in [6.07, 6.45) is 1.40. The van der Waals surface area contributed by atoms with Gasteiger partial charge in [-0.05, 0) is 28.9 Å². The second kappa shape index (κ2) is 5.54. The highest BCUT2D eigenvalue weighted by molar-refractivity contribution is 9.10. The number of aromatic nitrogens is 1. The molecule has 0 radical (unpaired) electrons. The summed E-state index contributed by atoms with van der Waals surface area (Å²) >= 11 is 4.31. The van der Waals surface area contributed by atoms with Crippen molar-refractivity contribution in [3.63, 3.8) is 0 Å². The van der Waals surface area contributed by atoms with Gasteiger partial charge in [-0.3, -0.25) is 4.79 Å². The molecule has 0 saturated carbocycles. The summed E-state index contributed by atoms with van der Waals surface area (Å²) in [7, 11) is 0. The van der Waals surface area contributed by atoms with Gasteiger partial charge in [0, 0.05) is 5.38 Å². The number of carbonyl (C=O) groups excluding carboxylic acids is 1. The molecule has 0 aliphatic heterocycles. The Bertz CT molecular complexity index is 622. The predicted octanol–water partition coefficient (Wildman–Crippen LogP) is 2.69. The Hall–Kier alpha value is -1.67. The zero-order chi connectivity index (χ0) is 14.0. The standard InChI is InChI=1S/C11H9BrN2O4S/c1-5(10-14-7(4-19-10)11(16)17)13-9(15)6-2-3-18-8(6)12/h2-5H,1H3,(H,13,15)(H,16,17). The van der Waals surface area contributed by atoms with Gasteiger partial charge < -0.3 is 14.8 Å². The first-order valence-electron chi connectivity index (χ1n) is 5.21. The van der Waals surface area contributed by atoms with E-state index in [1.54, 1.807) is 6.92 Å². The second-order valence-corrected chi connectivity index (χ2v) is 5.29. The van der Waals surface area contributed by atoms with Crippen molar-refractivity contribution in [3.8, 4) is 0 Å². The van der Waals surface area contributed by atoms with E-state index >= 15 is 0 Å². The summed E-state index contributed by atoms with van der Waals surface area (Å²) in [5, 5.41) is 13.5. The number of carbonyl (C=O) groups is 2. The van der Waals surface area contributed by atoms with Gasteiger partial charge in [0.25, 0.3) is 5.91 Å². The van der Waals surface area contributed by atoms with E-state index in [4.69, 9.17) is 9.52 Å². The number of furan rings is 1. The topological polar surface area (TPSA) is 92.4 Å². The number of halogens is 1. The van der Waals surface area contributed by atoms with Crippen LogP contribution in [0.15, 0.2) is 26.8 Å². The number of hydrogen-bond acceptors (Lipinski definition) is 5. The summed E-state index contributed by atoms with van der Waals surface area (Å²) in [6.45, 7) is 1.73. The molecule has 0 bridgehead atoms. The molecule has 2 aromatic heterocycles. The van der Waals surface area contributed by atoms with E-state index in [1.165, 1.54) is 29.0 Å². The molecular weight excluding hydrogens is 336 g/mol. The second-order valence-electron chi connectivity index (χ2n) is 3.68. The highest BCUT2D eigenvalue weighted by Gasteiger charge is 2.19. The minimum Gasteiger partial charge on any atom is -0.476 e. The van der Waals surface area contributed by atoms with Gasteiger partial charge in [-0.15, -0.1) is 11.3 Å². The van der Waals surface area contributed by atoms with Gasteiger partial charge in [0.1, 0.15) is 5.01 Å². The molecule has 0 saturated heterocycles. The lowest BCUT2D eigenvalue weighted by Gasteiger charge is -2.10. The van der Waals surface area contributed by atoms with Gasteiger partial charge in [0.15, 0.2) is 10.4 Å². The van der Waals surface area contributed by atoms with Crippen LogP contribution in [0.4, 0.5) is 0 Å². The average Bonchev–Trinajstić information content (AvgIpc) is 2.96. The zero-order valence-electron chi connectivity index (χ0n) is 9.71. The van der Waals surface area contributed by atoms with Crippen LogP contribution in [0.1, 0.15) is 38.8 Å². The van der Waals surface area contributed by atoms with Crippen molar-refractivity contribution in [3.05, 3.63) is 38.6 Å². The average molecular weight is 345 g/mol. The third-order valence-electron chi connectivity index (χ3n) is 2.32. The number of amides is 1. The molecule has 2 rings (SSSR count). The fraction of sp³-hybridized carbons (Fsp3) is 0.182. The Labute approximate surface area is 120 Å². The third-order valence-corrected chi connectivity index (χ3v) is 3.96. The Kier molecular flexibility index (Phi) is 4.01. The van der Waals surface area contributed by atoms with Crippen molar-refractivity contribution >= 4 is 39.1 Å². The Morgan fingerprint density at radius 1 is 1.58 bits per heavy atom. The summed E-state index contributed by atoms with van der Waals surface area (Å²) in [5.74, 6) is -1.40. The van der Waals surface area contributed by atoms with Crippen molar-refractivity contribution in [2.45, 2.75) is 13.0 Å². The highest BCUT2D eigenvalue weighted by Crippen LogP contribution is 2.21. The van der Waals surface area contributed by atoms with Crippen LogP contribution in [0.3, 0.4) is 0 Å². The summed E-state index contributed by atoms with van der Waals surface area (Å²) in [6, 6.07) is 1.16. The van der Waals surface area contributed by atoms with Crippen molar-refractivity contribution < 1.29 is 19.1 Å². The minimum absolute atomic E-state index is 0.0226.